The summed E-state index contributed by atoms with van der Waals surface area (Å²) in [5, 5.41) is 0. The van der Waals surface area contributed by atoms with Crippen LogP contribution in [0.1, 0.15) is 5.56 Å². The van der Waals surface area contributed by atoms with Crippen molar-refractivity contribution in [3.8, 4) is 0 Å². The molecule has 1 aliphatic heterocycles. The fourth-order valence-corrected chi connectivity index (χ4v) is 2.02. The Kier molecular flexibility index (Phi) is 3.31. The Bertz CT molecular complexity index is 356. The predicted molar refractivity (Wildman–Crippen MR) is 68.0 cm³/mol. The molecule has 0 bridgehead atoms. The number of likely N-dealkylation sites (N-methyl/N-ethyl adjacent to an activating group) is 1. The zero-order valence-corrected chi connectivity index (χ0v) is 9.82. The molecule has 4 nitrogen and oxygen atoms in total. The van der Waals surface area contributed by atoms with Gasteiger partial charge in [0.25, 0.3) is 0 Å². The molecule has 16 heavy (non-hydrogen) atoms. The molecule has 0 unspecified atom stereocenters. The smallest absolute Gasteiger partial charge is 0.0593 e. The van der Waals surface area contributed by atoms with Crippen molar-refractivity contribution < 1.29 is 0 Å². The number of nitrogens with two attached hydrogens (primary N) is 2. The molecule has 1 saturated heterocycles. The Labute approximate surface area is 96.8 Å². The molecule has 4 heteroatoms. The van der Waals surface area contributed by atoms with Crippen LogP contribution < -0.4 is 11.5 Å². The largest absolute Gasteiger partial charge is 0.397 e. The number of hydrogen-bond acceptors (Lipinski definition) is 4. The third-order valence-corrected chi connectivity index (χ3v) is 3.22. The van der Waals surface area contributed by atoms with E-state index in [2.05, 4.69) is 22.9 Å². The van der Waals surface area contributed by atoms with Crippen LogP contribution in [0.5, 0.6) is 0 Å². The first kappa shape index (κ1) is 11.2. The first-order chi connectivity index (χ1) is 7.66. The minimum Gasteiger partial charge on any atom is -0.397 e. The first-order valence-electron chi connectivity index (χ1n) is 5.70. The van der Waals surface area contributed by atoms with Crippen LogP contribution in [0.4, 0.5) is 11.4 Å². The second kappa shape index (κ2) is 4.72. The van der Waals surface area contributed by atoms with Crippen molar-refractivity contribution in [3.05, 3.63) is 23.8 Å². The molecular weight excluding hydrogens is 200 g/mol. The molecule has 0 atom stereocenters. The van der Waals surface area contributed by atoms with Gasteiger partial charge in [-0.15, -0.1) is 0 Å². The van der Waals surface area contributed by atoms with E-state index < -0.39 is 0 Å². The molecular formula is C12H20N4. The van der Waals surface area contributed by atoms with Gasteiger partial charge in [-0.25, -0.2) is 0 Å². The number of para-hydroxylation sites is 1. The Morgan fingerprint density at radius 1 is 1.12 bits per heavy atom. The Morgan fingerprint density at radius 3 is 2.50 bits per heavy atom. The topological polar surface area (TPSA) is 58.5 Å². The van der Waals surface area contributed by atoms with Gasteiger partial charge in [-0.3, -0.25) is 4.90 Å². The summed E-state index contributed by atoms with van der Waals surface area (Å²) in [5.41, 5.74) is 14.3. The zero-order valence-electron chi connectivity index (χ0n) is 9.82. The first-order valence-corrected chi connectivity index (χ1v) is 5.70. The molecule has 0 radical (unpaired) electrons. The van der Waals surface area contributed by atoms with Gasteiger partial charge in [0, 0.05) is 32.7 Å². The second-order valence-electron chi connectivity index (χ2n) is 4.50. The molecule has 0 aromatic heterocycles. The summed E-state index contributed by atoms with van der Waals surface area (Å²) in [6.45, 7) is 5.37. The Hall–Kier alpha value is -1.26. The minimum absolute atomic E-state index is 0.687. The Morgan fingerprint density at radius 2 is 1.81 bits per heavy atom. The van der Waals surface area contributed by atoms with Gasteiger partial charge in [0.15, 0.2) is 0 Å². The normalized spacial score (nSPS) is 18.8. The van der Waals surface area contributed by atoms with Crippen LogP contribution in [0.25, 0.3) is 0 Å². The van der Waals surface area contributed by atoms with Crippen LogP contribution in [0.3, 0.4) is 0 Å². The van der Waals surface area contributed by atoms with E-state index in [0.29, 0.717) is 5.69 Å². The average Bonchev–Trinajstić information content (AvgIpc) is 2.28. The third kappa shape index (κ3) is 2.46. The number of benzene rings is 1. The van der Waals surface area contributed by atoms with Gasteiger partial charge < -0.3 is 16.4 Å². The number of nitrogen functional groups attached to an aromatic ring is 2. The molecule has 4 N–H and O–H groups in total. The number of hydrogen-bond donors (Lipinski definition) is 2. The summed E-state index contributed by atoms with van der Waals surface area (Å²) in [4.78, 5) is 4.77. The molecule has 1 aromatic rings. The number of nitrogens with zero attached hydrogens (tertiary/aromatic N) is 2. The van der Waals surface area contributed by atoms with E-state index >= 15 is 0 Å². The maximum absolute atomic E-state index is 5.96. The summed E-state index contributed by atoms with van der Waals surface area (Å²) in [6, 6.07) is 5.88. The van der Waals surface area contributed by atoms with Crippen LogP contribution in [0.2, 0.25) is 0 Å². The highest BCUT2D eigenvalue weighted by Gasteiger charge is 2.15. The number of anilines is 2. The molecule has 0 saturated carbocycles. The van der Waals surface area contributed by atoms with Crippen LogP contribution in [-0.4, -0.2) is 43.0 Å². The third-order valence-electron chi connectivity index (χ3n) is 3.22. The summed E-state index contributed by atoms with van der Waals surface area (Å²) < 4.78 is 0. The van der Waals surface area contributed by atoms with Gasteiger partial charge in [0.2, 0.25) is 0 Å². The van der Waals surface area contributed by atoms with Crippen molar-refractivity contribution in [2.75, 3.05) is 44.7 Å². The number of rotatable bonds is 2. The van der Waals surface area contributed by atoms with E-state index in [0.717, 1.165) is 44.0 Å². The van der Waals surface area contributed by atoms with Crippen LogP contribution >= 0.6 is 0 Å². The summed E-state index contributed by atoms with van der Waals surface area (Å²) >= 11 is 0. The van der Waals surface area contributed by atoms with Crippen LogP contribution in [0.15, 0.2) is 18.2 Å². The molecule has 1 aromatic carbocycles. The minimum atomic E-state index is 0.687. The predicted octanol–water partition coefficient (Wildman–Crippen LogP) is 0.598. The van der Waals surface area contributed by atoms with Crippen molar-refractivity contribution >= 4 is 11.4 Å². The van der Waals surface area contributed by atoms with Gasteiger partial charge in [-0.1, -0.05) is 12.1 Å². The van der Waals surface area contributed by atoms with Crippen molar-refractivity contribution in [1.82, 2.24) is 9.80 Å². The molecule has 0 amide bonds. The lowest BCUT2D eigenvalue weighted by atomic mass is 10.1. The summed E-state index contributed by atoms with van der Waals surface area (Å²) in [7, 11) is 2.16. The summed E-state index contributed by atoms with van der Waals surface area (Å²) in [6.07, 6.45) is 0. The lowest BCUT2D eigenvalue weighted by molar-refractivity contribution is 0.148. The lowest BCUT2D eigenvalue weighted by Crippen LogP contribution is -2.43. The average molecular weight is 220 g/mol. The van der Waals surface area contributed by atoms with E-state index in [4.69, 9.17) is 11.5 Å². The fraction of sp³-hybridized carbons (Fsp3) is 0.500. The molecule has 0 aliphatic carbocycles. The quantitative estimate of drug-likeness (QED) is 0.717. The highest BCUT2D eigenvalue weighted by Crippen LogP contribution is 2.21. The monoisotopic (exact) mass is 220 g/mol. The summed E-state index contributed by atoms with van der Waals surface area (Å²) in [5.74, 6) is 0. The molecule has 1 fully saturated rings. The van der Waals surface area contributed by atoms with E-state index in [9.17, 15) is 0 Å². The van der Waals surface area contributed by atoms with Gasteiger partial charge in [-0.05, 0) is 18.7 Å². The zero-order chi connectivity index (χ0) is 11.5. The Balaban J connectivity index is 2.01. The van der Waals surface area contributed by atoms with Crippen molar-refractivity contribution in [1.29, 1.82) is 0 Å². The second-order valence-corrected chi connectivity index (χ2v) is 4.50. The molecule has 0 spiro atoms. The fourth-order valence-electron chi connectivity index (χ4n) is 2.02. The van der Waals surface area contributed by atoms with E-state index in [1.165, 1.54) is 0 Å². The highest BCUT2D eigenvalue weighted by atomic mass is 15.2. The number of piperazine rings is 1. The van der Waals surface area contributed by atoms with Gasteiger partial charge in [-0.2, -0.15) is 0 Å². The van der Waals surface area contributed by atoms with Crippen LogP contribution in [0, 0.1) is 0 Å². The molecule has 1 aliphatic rings. The van der Waals surface area contributed by atoms with E-state index in [1.54, 1.807) is 0 Å². The van der Waals surface area contributed by atoms with Gasteiger partial charge >= 0.3 is 0 Å². The lowest BCUT2D eigenvalue weighted by Gasteiger charge is -2.32. The van der Waals surface area contributed by atoms with Gasteiger partial charge in [0.05, 0.1) is 11.4 Å². The van der Waals surface area contributed by atoms with Crippen molar-refractivity contribution in [3.63, 3.8) is 0 Å². The van der Waals surface area contributed by atoms with Crippen molar-refractivity contribution in [2.24, 2.45) is 0 Å². The highest BCUT2D eigenvalue weighted by molar-refractivity contribution is 5.67. The maximum atomic E-state index is 5.96. The molecule has 1 heterocycles. The standard InChI is InChI=1S/C12H20N4/c1-15-5-7-16(8-6-15)9-10-3-2-4-11(13)12(10)14/h2-4H,5-9,13-14H2,1H3. The molecule has 88 valence electrons. The van der Waals surface area contributed by atoms with E-state index in [1.807, 2.05) is 12.1 Å². The maximum Gasteiger partial charge on any atom is 0.0593 e. The van der Waals surface area contributed by atoms with E-state index in [-0.39, 0.29) is 0 Å². The SMILES string of the molecule is CN1CCN(Cc2cccc(N)c2N)CC1. The van der Waals surface area contributed by atoms with Crippen molar-refractivity contribution in [2.45, 2.75) is 6.54 Å². The van der Waals surface area contributed by atoms with Crippen LogP contribution in [-0.2, 0) is 6.54 Å². The van der Waals surface area contributed by atoms with Gasteiger partial charge in [0.1, 0.15) is 0 Å². The molecule has 2 rings (SSSR count).